The van der Waals surface area contributed by atoms with Gasteiger partial charge in [-0.25, -0.2) is 0 Å². The first-order valence-electron chi connectivity index (χ1n) is 4.54. The maximum Gasteiger partial charge on any atom is 0.317 e. The third-order valence-electron chi connectivity index (χ3n) is 2.49. The van der Waals surface area contributed by atoms with E-state index in [2.05, 4.69) is 9.97 Å². The van der Waals surface area contributed by atoms with Gasteiger partial charge in [-0.15, -0.1) is 0 Å². The van der Waals surface area contributed by atoms with Gasteiger partial charge < -0.3 is 14.9 Å². The Morgan fingerprint density at radius 2 is 2.14 bits per heavy atom. The molecule has 0 radical (unpaired) electrons. The van der Waals surface area contributed by atoms with Crippen LogP contribution in [0.3, 0.4) is 0 Å². The Morgan fingerprint density at radius 3 is 2.86 bits per heavy atom. The molecule has 0 amide bonds. The van der Waals surface area contributed by atoms with Crippen molar-refractivity contribution in [2.24, 2.45) is 0 Å². The van der Waals surface area contributed by atoms with E-state index in [1.807, 2.05) is 0 Å². The van der Waals surface area contributed by atoms with Gasteiger partial charge in [-0.3, -0.25) is 0 Å². The number of methoxy groups -OCH3 is 1. The van der Waals surface area contributed by atoms with Gasteiger partial charge in [0.25, 0.3) is 0 Å². The predicted octanol–water partition coefficient (Wildman–Crippen LogP) is 0.912. The van der Waals surface area contributed by atoms with Crippen LogP contribution < -0.4 is 0 Å². The summed E-state index contributed by atoms with van der Waals surface area (Å²) in [6.07, 6.45) is 2.40. The van der Waals surface area contributed by atoms with E-state index in [1.165, 1.54) is 0 Å². The minimum absolute atomic E-state index is 0.130. The van der Waals surface area contributed by atoms with E-state index in [-0.39, 0.29) is 12.0 Å². The fourth-order valence-electron chi connectivity index (χ4n) is 1.81. The number of fused-ring (bicyclic) bond motifs is 1. The van der Waals surface area contributed by atoms with Crippen molar-refractivity contribution in [3.63, 3.8) is 0 Å². The van der Waals surface area contributed by atoms with Crippen molar-refractivity contribution in [2.45, 2.75) is 25.4 Å². The Morgan fingerprint density at radius 1 is 1.36 bits per heavy atom. The Hall–Kier alpha value is -1.36. The van der Waals surface area contributed by atoms with Gasteiger partial charge in [-0.2, -0.15) is 9.97 Å². The lowest BCUT2D eigenvalue weighted by Crippen LogP contribution is -2.14. The van der Waals surface area contributed by atoms with Gasteiger partial charge in [0, 0.05) is 12.7 Å². The largest absolute Gasteiger partial charge is 0.493 e. The lowest BCUT2D eigenvalue weighted by atomic mass is 9.94. The Bertz CT molecular complexity index is 354. The molecule has 1 aliphatic carbocycles. The van der Waals surface area contributed by atoms with Crippen molar-refractivity contribution in [3.8, 4) is 11.9 Å². The molecule has 1 aliphatic rings. The zero-order valence-corrected chi connectivity index (χ0v) is 7.90. The summed E-state index contributed by atoms with van der Waals surface area (Å²) in [5.41, 5.74) is 1.31. The van der Waals surface area contributed by atoms with E-state index in [0.717, 1.165) is 19.3 Å². The minimum Gasteiger partial charge on any atom is -0.493 e. The molecule has 0 bridgehead atoms. The van der Waals surface area contributed by atoms with Crippen LogP contribution in [-0.4, -0.2) is 27.3 Å². The molecule has 5 heteroatoms. The Labute approximate surface area is 81.4 Å². The Balaban J connectivity index is 2.51. The number of hydrogen-bond acceptors (Lipinski definition) is 5. The SMILES string of the molecule is COC1CCCc2c(O)nc(O)nc21. The van der Waals surface area contributed by atoms with Crippen molar-refractivity contribution in [2.75, 3.05) is 7.11 Å². The molecule has 0 fully saturated rings. The first-order valence-corrected chi connectivity index (χ1v) is 4.54. The van der Waals surface area contributed by atoms with Crippen molar-refractivity contribution < 1.29 is 14.9 Å². The van der Waals surface area contributed by atoms with E-state index in [0.29, 0.717) is 11.3 Å². The summed E-state index contributed by atoms with van der Waals surface area (Å²) in [5, 5.41) is 18.6. The summed E-state index contributed by atoms with van der Waals surface area (Å²) in [5.74, 6) is -0.130. The van der Waals surface area contributed by atoms with Gasteiger partial charge >= 0.3 is 6.01 Å². The van der Waals surface area contributed by atoms with E-state index in [9.17, 15) is 5.11 Å². The lowest BCUT2D eigenvalue weighted by Gasteiger charge is -2.22. The van der Waals surface area contributed by atoms with Crippen LogP contribution in [-0.2, 0) is 11.2 Å². The van der Waals surface area contributed by atoms with Gasteiger partial charge in [0.15, 0.2) is 0 Å². The summed E-state index contributed by atoms with van der Waals surface area (Å²) in [6, 6.07) is -0.398. The maximum absolute atomic E-state index is 9.48. The summed E-state index contributed by atoms with van der Waals surface area (Å²) >= 11 is 0. The zero-order valence-electron chi connectivity index (χ0n) is 7.90. The summed E-state index contributed by atoms with van der Waals surface area (Å²) in [4.78, 5) is 7.39. The Kier molecular flexibility index (Phi) is 2.25. The second-order valence-corrected chi connectivity index (χ2v) is 3.33. The highest BCUT2D eigenvalue weighted by Gasteiger charge is 2.25. The smallest absolute Gasteiger partial charge is 0.317 e. The third-order valence-corrected chi connectivity index (χ3v) is 2.49. The van der Waals surface area contributed by atoms with E-state index in [1.54, 1.807) is 7.11 Å². The molecule has 5 nitrogen and oxygen atoms in total. The monoisotopic (exact) mass is 196 g/mol. The third kappa shape index (κ3) is 1.39. The number of aromatic nitrogens is 2. The molecule has 1 aromatic heterocycles. The van der Waals surface area contributed by atoms with Crippen LogP contribution >= 0.6 is 0 Å². The molecule has 1 aromatic rings. The molecule has 1 heterocycles. The van der Waals surface area contributed by atoms with E-state index < -0.39 is 6.01 Å². The second-order valence-electron chi connectivity index (χ2n) is 3.33. The first-order chi connectivity index (χ1) is 6.72. The van der Waals surface area contributed by atoms with Crippen molar-refractivity contribution in [3.05, 3.63) is 11.3 Å². The van der Waals surface area contributed by atoms with Crippen LogP contribution in [0.25, 0.3) is 0 Å². The molecule has 76 valence electrons. The van der Waals surface area contributed by atoms with Crippen molar-refractivity contribution >= 4 is 0 Å². The molecular formula is C9H12N2O3. The standard InChI is InChI=1S/C9H12N2O3/c1-14-6-4-2-3-5-7(6)10-9(13)11-8(5)12/h6H,2-4H2,1H3,(H2,10,11,12,13). The zero-order chi connectivity index (χ0) is 10.1. The first kappa shape index (κ1) is 9.21. The molecule has 0 aliphatic heterocycles. The fourth-order valence-corrected chi connectivity index (χ4v) is 1.81. The molecule has 1 unspecified atom stereocenters. The van der Waals surface area contributed by atoms with Gasteiger partial charge in [0.2, 0.25) is 5.88 Å². The van der Waals surface area contributed by atoms with E-state index in [4.69, 9.17) is 9.84 Å². The number of hydrogen-bond donors (Lipinski definition) is 2. The number of rotatable bonds is 1. The van der Waals surface area contributed by atoms with Crippen LogP contribution in [0.5, 0.6) is 11.9 Å². The molecule has 14 heavy (non-hydrogen) atoms. The molecule has 1 atom stereocenters. The van der Waals surface area contributed by atoms with Crippen molar-refractivity contribution in [1.82, 2.24) is 9.97 Å². The van der Waals surface area contributed by atoms with Gasteiger partial charge in [0.05, 0.1) is 11.8 Å². The molecule has 2 rings (SSSR count). The lowest BCUT2D eigenvalue weighted by molar-refractivity contribution is 0.0826. The quantitative estimate of drug-likeness (QED) is 0.698. The number of aromatic hydroxyl groups is 2. The van der Waals surface area contributed by atoms with Crippen LogP contribution in [0.15, 0.2) is 0 Å². The normalized spacial score (nSPS) is 20.5. The molecule has 0 aromatic carbocycles. The second kappa shape index (κ2) is 3.42. The highest BCUT2D eigenvalue weighted by Crippen LogP contribution is 2.35. The van der Waals surface area contributed by atoms with Crippen LogP contribution in [0, 0.1) is 0 Å². The molecule has 2 N–H and O–H groups in total. The fraction of sp³-hybridized carbons (Fsp3) is 0.556. The average Bonchev–Trinajstić information content (AvgIpc) is 2.17. The summed E-state index contributed by atoms with van der Waals surface area (Å²) in [7, 11) is 1.59. The highest BCUT2D eigenvalue weighted by atomic mass is 16.5. The molecule has 0 saturated carbocycles. The van der Waals surface area contributed by atoms with Gasteiger partial charge in [0.1, 0.15) is 0 Å². The maximum atomic E-state index is 9.48. The molecule has 0 saturated heterocycles. The average molecular weight is 196 g/mol. The van der Waals surface area contributed by atoms with Crippen molar-refractivity contribution in [1.29, 1.82) is 0 Å². The topological polar surface area (TPSA) is 75.5 Å². The predicted molar refractivity (Wildman–Crippen MR) is 48.0 cm³/mol. The van der Waals surface area contributed by atoms with E-state index >= 15 is 0 Å². The summed E-state index contributed by atoms with van der Waals surface area (Å²) in [6.45, 7) is 0. The minimum atomic E-state index is -0.398. The van der Waals surface area contributed by atoms with Crippen LogP contribution in [0.4, 0.5) is 0 Å². The van der Waals surface area contributed by atoms with Crippen LogP contribution in [0.1, 0.15) is 30.2 Å². The van der Waals surface area contributed by atoms with Crippen LogP contribution in [0.2, 0.25) is 0 Å². The molecular weight excluding hydrogens is 184 g/mol. The van der Waals surface area contributed by atoms with Gasteiger partial charge in [-0.1, -0.05) is 0 Å². The van der Waals surface area contributed by atoms with Gasteiger partial charge in [-0.05, 0) is 19.3 Å². The molecule has 0 spiro atoms. The summed E-state index contributed by atoms with van der Waals surface area (Å²) < 4.78 is 5.22. The number of nitrogens with zero attached hydrogens (tertiary/aromatic N) is 2. The number of ether oxygens (including phenoxy) is 1. The highest BCUT2D eigenvalue weighted by molar-refractivity contribution is 5.34.